The number of anilines is 1. The number of nitrogens with zero attached hydrogens (tertiary/aromatic N) is 2. The molecule has 0 aliphatic rings. The van der Waals surface area contributed by atoms with Gasteiger partial charge in [-0.25, -0.2) is 0 Å². The lowest BCUT2D eigenvalue weighted by Gasteiger charge is -2.06. The van der Waals surface area contributed by atoms with Gasteiger partial charge in [0.15, 0.2) is 0 Å². The number of ether oxygens (including phenoxy) is 1. The molecular weight excluding hydrogens is 254 g/mol. The second-order valence-electron chi connectivity index (χ2n) is 3.83. The third kappa shape index (κ3) is 2.47. The number of rotatable bonds is 4. The smallest absolute Gasteiger partial charge is 0.259 e. The van der Waals surface area contributed by atoms with E-state index in [0.29, 0.717) is 28.0 Å². The molecule has 5 nitrogen and oxygen atoms in total. The van der Waals surface area contributed by atoms with E-state index >= 15 is 0 Å². The Bertz CT molecular complexity index is 538. The molecule has 0 aliphatic heterocycles. The van der Waals surface area contributed by atoms with Crippen molar-refractivity contribution in [2.45, 2.75) is 19.4 Å². The molecule has 0 bridgehead atoms. The van der Waals surface area contributed by atoms with Crippen LogP contribution >= 0.6 is 11.6 Å². The van der Waals surface area contributed by atoms with Gasteiger partial charge in [0.2, 0.25) is 5.82 Å². The number of hydrogen-bond donors (Lipinski definition) is 1. The highest BCUT2D eigenvalue weighted by Crippen LogP contribution is 2.29. The highest BCUT2D eigenvalue weighted by atomic mass is 35.5. The highest BCUT2D eigenvalue weighted by molar-refractivity contribution is 6.33. The summed E-state index contributed by atoms with van der Waals surface area (Å²) < 4.78 is 10.4. The molecule has 0 radical (unpaired) electrons. The number of nitrogens with two attached hydrogens (primary N) is 1. The molecule has 0 saturated heterocycles. The van der Waals surface area contributed by atoms with E-state index in [1.165, 1.54) is 0 Å². The number of hydrogen-bond acceptors (Lipinski definition) is 5. The SMILES string of the molecule is CCC(OC)c1noc(-c2cc(N)ccc2Cl)n1. The van der Waals surface area contributed by atoms with E-state index in [1.54, 1.807) is 25.3 Å². The Balaban J connectivity index is 2.37. The van der Waals surface area contributed by atoms with Crippen LogP contribution in [-0.2, 0) is 4.74 Å². The predicted molar refractivity (Wildman–Crippen MR) is 69.2 cm³/mol. The third-order valence-corrected chi connectivity index (χ3v) is 2.94. The lowest BCUT2D eigenvalue weighted by molar-refractivity contribution is 0.0903. The van der Waals surface area contributed by atoms with Gasteiger partial charge in [-0.2, -0.15) is 4.98 Å². The van der Waals surface area contributed by atoms with Gasteiger partial charge in [-0.1, -0.05) is 23.7 Å². The molecule has 6 heteroatoms. The summed E-state index contributed by atoms with van der Waals surface area (Å²) in [6.45, 7) is 1.98. The van der Waals surface area contributed by atoms with Crippen molar-refractivity contribution in [3.63, 3.8) is 0 Å². The van der Waals surface area contributed by atoms with E-state index in [1.807, 2.05) is 6.92 Å². The predicted octanol–water partition coefficient (Wildman–Crippen LogP) is 3.07. The van der Waals surface area contributed by atoms with Crippen LogP contribution in [0.25, 0.3) is 11.5 Å². The Kier molecular flexibility index (Phi) is 3.84. The Morgan fingerprint density at radius 2 is 2.28 bits per heavy atom. The van der Waals surface area contributed by atoms with Crippen molar-refractivity contribution in [3.05, 3.63) is 29.0 Å². The van der Waals surface area contributed by atoms with Crippen molar-refractivity contribution in [1.29, 1.82) is 0 Å². The van der Waals surface area contributed by atoms with Crippen LogP contribution in [0.1, 0.15) is 25.3 Å². The second kappa shape index (κ2) is 5.37. The standard InChI is InChI=1S/C12H14ClN3O2/c1-3-10(17-2)11-15-12(18-16-11)8-6-7(14)4-5-9(8)13/h4-6,10H,3,14H2,1-2H3. The topological polar surface area (TPSA) is 74.2 Å². The zero-order valence-corrected chi connectivity index (χ0v) is 10.9. The van der Waals surface area contributed by atoms with E-state index in [0.717, 1.165) is 6.42 Å². The molecule has 2 aromatic rings. The molecule has 0 amide bonds. The Morgan fingerprint density at radius 3 is 2.94 bits per heavy atom. The van der Waals surface area contributed by atoms with E-state index in [9.17, 15) is 0 Å². The maximum atomic E-state index is 6.07. The van der Waals surface area contributed by atoms with Crippen molar-refractivity contribution in [2.75, 3.05) is 12.8 Å². The molecule has 1 heterocycles. The molecule has 1 atom stereocenters. The Hall–Kier alpha value is -1.59. The summed E-state index contributed by atoms with van der Waals surface area (Å²) in [5.41, 5.74) is 6.93. The average molecular weight is 268 g/mol. The largest absolute Gasteiger partial charge is 0.399 e. The molecule has 0 saturated carbocycles. The summed E-state index contributed by atoms with van der Waals surface area (Å²) in [5.74, 6) is 0.853. The van der Waals surface area contributed by atoms with Gasteiger partial charge in [0.1, 0.15) is 6.10 Å². The van der Waals surface area contributed by atoms with Crippen LogP contribution in [0.2, 0.25) is 5.02 Å². The zero-order valence-electron chi connectivity index (χ0n) is 10.2. The van der Waals surface area contributed by atoms with Gasteiger partial charge >= 0.3 is 0 Å². The molecule has 2 N–H and O–H groups in total. The molecule has 2 rings (SSSR count). The van der Waals surface area contributed by atoms with E-state index in [4.69, 9.17) is 26.6 Å². The van der Waals surface area contributed by atoms with Crippen molar-refractivity contribution in [1.82, 2.24) is 10.1 Å². The van der Waals surface area contributed by atoms with E-state index in [2.05, 4.69) is 10.1 Å². The third-order valence-electron chi connectivity index (χ3n) is 2.61. The Morgan fingerprint density at radius 1 is 1.50 bits per heavy atom. The maximum Gasteiger partial charge on any atom is 0.259 e. The highest BCUT2D eigenvalue weighted by Gasteiger charge is 2.18. The van der Waals surface area contributed by atoms with Crippen LogP contribution in [-0.4, -0.2) is 17.3 Å². The fourth-order valence-electron chi connectivity index (χ4n) is 1.64. The van der Waals surface area contributed by atoms with Crippen LogP contribution in [0.15, 0.2) is 22.7 Å². The molecule has 1 unspecified atom stereocenters. The monoisotopic (exact) mass is 267 g/mol. The second-order valence-corrected chi connectivity index (χ2v) is 4.24. The van der Waals surface area contributed by atoms with Crippen molar-refractivity contribution >= 4 is 17.3 Å². The minimum absolute atomic E-state index is 0.178. The first-order valence-electron chi connectivity index (χ1n) is 5.57. The van der Waals surface area contributed by atoms with Gasteiger partial charge < -0.3 is 15.0 Å². The first-order valence-corrected chi connectivity index (χ1v) is 5.95. The van der Waals surface area contributed by atoms with Crippen molar-refractivity contribution in [3.8, 4) is 11.5 Å². The molecule has 0 spiro atoms. The minimum Gasteiger partial charge on any atom is -0.399 e. The van der Waals surface area contributed by atoms with Gasteiger partial charge in [0.05, 0.1) is 10.6 Å². The van der Waals surface area contributed by atoms with Crippen molar-refractivity contribution < 1.29 is 9.26 Å². The van der Waals surface area contributed by atoms with Crippen LogP contribution < -0.4 is 5.73 Å². The molecule has 96 valence electrons. The number of benzene rings is 1. The van der Waals surface area contributed by atoms with Gasteiger partial charge in [-0.05, 0) is 24.6 Å². The summed E-state index contributed by atoms with van der Waals surface area (Å²) in [4.78, 5) is 4.28. The maximum absolute atomic E-state index is 6.07. The summed E-state index contributed by atoms with van der Waals surface area (Å²) in [7, 11) is 1.61. The summed E-state index contributed by atoms with van der Waals surface area (Å²) in [6, 6.07) is 5.12. The minimum atomic E-state index is -0.178. The first kappa shape index (κ1) is 12.9. The van der Waals surface area contributed by atoms with Gasteiger partial charge in [-0.15, -0.1) is 0 Å². The normalized spacial score (nSPS) is 12.6. The molecule has 0 fully saturated rings. The fourth-order valence-corrected chi connectivity index (χ4v) is 1.83. The summed E-state index contributed by atoms with van der Waals surface area (Å²) >= 11 is 6.07. The number of nitrogen functional groups attached to an aromatic ring is 1. The average Bonchev–Trinajstić information content (AvgIpc) is 2.83. The number of aromatic nitrogens is 2. The fraction of sp³-hybridized carbons (Fsp3) is 0.333. The van der Waals surface area contributed by atoms with Gasteiger partial charge in [-0.3, -0.25) is 0 Å². The van der Waals surface area contributed by atoms with Gasteiger partial charge in [0, 0.05) is 12.8 Å². The van der Waals surface area contributed by atoms with Crippen LogP contribution in [0.4, 0.5) is 5.69 Å². The van der Waals surface area contributed by atoms with Crippen LogP contribution in [0.3, 0.4) is 0 Å². The zero-order chi connectivity index (χ0) is 13.1. The van der Waals surface area contributed by atoms with Gasteiger partial charge in [0.25, 0.3) is 5.89 Å². The first-order chi connectivity index (χ1) is 8.65. The number of halogens is 1. The lowest BCUT2D eigenvalue weighted by atomic mass is 10.2. The molecule has 1 aromatic heterocycles. The summed E-state index contributed by atoms with van der Waals surface area (Å²) in [6.07, 6.45) is 0.586. The Labute approximate surface area is 110 Å². The van der Waals surface area contributed by atoms with E-state index < -0.39 is 0 Å². The molecule has 0 aliphatic carbocycles. The van der Waals surface area contributed by atoms with Crippen LogP contribution in [0, 0.1) is 0 Å². The quantitative estimate of drug-likeness (QED) is 0.862. The van der Waals surface area contributed by atoms with E-state index in [-0.39, 0.29) is 6.10 Å². The molecule has 1 aromatic carbocycles. The van der Waals surface area contributed by atoms with Crippen LogP contribution in [0.5, 0.6) is 0 Å². The summed E-state index contributed by atoms with van der Waals surface area (Å²) in [5, 5.41) is 4.41. The van der Waals surface area contributed by atoms with Crippen molar-refractivity contribution in [2.24, 2.45) is 0 Å². The molecular formula is C12H14ClN3O2. The molecule has 18 heavy (non-hydrogen) atoms. The number of methoxy groups -OCH3 is 1. The lowest BCUT2D eigenvalue weighted by Crippen LogP contribution is -2.01.